The molecule has 17 heavy (non-hydrogen) atoms. The average Bonchev–Trinajstić information content (AvgIpc) is 2.81. The molecule has 1 atom stereocenters. The zero-order chi connectivity index (χ0) is 12.3. The van der Waals surface area contributed by atoms with Gasteiger partial charge in [-0.2, -0.15) is 0 Å². The van der Waals surface area contributed by atoms with E-state index < -0.39 is 0 Å². The fourth-order valence-corrected chi connectivity index (χ4v) is 3.23. The van der Waals surface area contributed by atoms with Crippen LogP contribution in [0.25, 0.3) is 0 Å². The van der Waals surface area contributed by atoms with E-state index >= 15 is 0 Å². The summed E-state index contributed by atoms with van der Waals surface area (Å²) >= 11 is 12.2. The Morgan fingerprint density at radius 2 is 1.76 bits per heavy atom. The predicted molar refractivity (Wildman–Crippen MR) is 72.7 cm³/mol. The molecule has 0 spiro atoms. The van der Waals surface area contributed by atoms with Crippen LogP contribution in [0.5, 0.6) is 0 Å². The molecule has 0 bridgehead atoms. The molecule has 0 amide bonds. The summed E-state index contributed by atoms with van der Waals surface area (Å²) in [5, 5.41) is 11.5. The topological polar surface area (TPSA) is 20.2 Å². The van der Waals surface area contributed by atoms with Crippen molar-refractivity contribution in [3.63, 3.8) is 0 Å². The lowest BCUT2D eigenvalue weighted by Crippen LogP contribution is -2.18. The highest BCUT2D eigenvalue weighted by Gasteiger charge is 2.23. The third-order valence-corrected chi connectivity index (χ3v) is 4.40. The summed E-state index contributed by atoms with van der Waals surface area (Å²) in [5.41, 5.74) is 0.966. The third-order valence-electron chi connectivity index (χ3n) is 3.70. The molecule has 1 aliphatic rings. The first kappa shape index (κ1) is 13.2. The maximum absolute atomic E-state index is 10.1. The van der Waals surface area contributed by atoms with Gasteiger partial charge in [0, 0.05) is 10.0 Å². The Kier molecular flexibility index (Phi) is 4.72. The summed E-state index contributed by atoms with van der Waals surface area (Å²) in [5.74, 6) is 0.483. The molecule has 3 heteroatoms. The maximum Gasteiger partial charge on any atom is 0.0571 e. The van der Waals surface area contributed by atoms with Gasteiger partial charge in [-0.05, 0) is 49.3 Å². The Balaban J connectivity index is 1.92. The van der Waals surface area contributed by atoms with E-state index in [9.17, 15) is 5.11 Å². The van der Waals surface area contributed by atoms with E-state index in [1.165, 1.54) is 12.8 Å². The van der Waals surface area contributed by atoms with E-state index in [1.807, 2.05) is 18.2 Å². The van der Waals surface area contributed by atoms with Crippen molar-refractivity contribution in [2.45, 2.75) is 44.6 Å². The van der Waals surface area contributed by atoms with Gasteiger partial charge in [-0.15, -0.1) is 0 Å². The van der Waals surface area contributed by atoms with Crippen LogP contribution in [0.3, 0.4) is 0 Å². The molecule has 0 heterocycles. The fourth-order valence-electron chi connectivity index (χ4n) is 2.64. The quantitative estimate of drug-likeness (QED) is 0.857. The van der Waals surface area contributed by atoms with Crippen LogP contribution >= 0.6 is 23.2 Å². The summed E-state index contributed by atoms with van der Waals surface area (Å²) in [6.07, 6.45) is 6.16. The molecule has 1 unspecified atom stereocenters. The van der Waals surface area contributed by atoms with Crippen LogP contribution < -0.4 is 0 Å². The Bertz CT molecular complexity index is 352. The van der Waals surface area contributed by atoms with Crippen molar-refractivity contribution in [2.24, 2.45) is 5.92 Å². The zero-order valence-electron chi connectivity index (χ0n) is 9.83. The maximum atomic E-state index is 10.1. The third kappa shape index (κ3) is 3.37. The Morgan fingerprint density at radius 1 is 1.18 bits per heavy atom. The molecule has 1 saturated carbocycles. The first-order valence-corrected chi connectivity index (χ1v) is 7.05. The second kappa shape index (κ2) is 6.08. The van der Waals surface area contributed by atoms with Crippen molar-refractivity contribution in [1.29, 1.82) is 0 Å². The van der Waals surface area contributed by atoms with Crippen molar-refractivity contribution < 1.29 is 5.11 Å². The van der Waals surface area contributed by atoms with E-state index in [-0.39, 0.29) is 6.10 Å². The van der Waals surface area contributed by atoms with Gasteiger partial charge in [0.1, 0.15) is 0 Å². The highest BCUT2D eigenvalue weighted by atomic mass is 35.5. The molecular formula is C14H18Cl2O. The Labute approximate surface area is 113 Å². The fraction of sp³-hybridized carbons (Fsp3) is 0.571. The molecule has 0 aromatic heterocycles. The van der Waals surface area contributed by atoms with Gasteiger partial charge >= 0.3 is 0 Å². The average molecular weight is 273 g/mol. The second-order valence-corrected chi connectivity index (χ2v) is 5.67. The van der Waals surface area contributed by atoms with Gasteiger partial charge in [0.15, 0.2) is 0 Å². The summed E-state index contributed by atoms with van der Waals surface area (Å²) in [6.45, 7) is 0. The van der Waals surface area contributed by atoms with E-state index in [0.717, 1.165) is 31.2 Å². The molecule has 1 aromatic carbocycles. The summed E-state index contributed by atoms with van der Waals surface area (Å²) in [7, 11) is 0. The van der Waals surface area contributed by atoms with Crippen LogP contribution in [0, 0.1) is 5.92 Å². The molecular weight excluding hydrogens is 255 g/mol. The number of aliphatic hydroxyl groups is 1. The summed E-state index contributed by atoms with van der Waals surface area (Å²) in [4.78, 5) is 0. The highest BCUT2D eigenvalue weighted by Crippen LogP contribution is 2.31. The van der Waals surface area contributed by atoms with E-state index in [0.29, 0.717) is 16.0 Å². The van der Waals surface area contributed by atoms with Gasteiger partial charge in [-0.3, -0.25) is 0 Å². The molecule has 2 rings (SSSR count). The molecule has 0 radical (unpaired) electrons. The van der Waals surface area contributed by atoms with Crippen LogP contribution in [-0.2, 0) is 6.42 Å². The molecule has 1 N–H and O–H groups in total. The van der Waals surface area contributed by atoms with Gasteiger partial charge in [0.2, 0.25) is 0 Å². The molecule has 1 aromatic rings. The van der Waals surface area contributed by atoms with Crippen LogP contribution in [-0.4, -0.2) is 11.2 Å². The standard InChI is InChI=1S/C14H18Cl2O/c15-12-6-3-7-13(16)11(12)8-9-14(17)10-4-1-2-5-10/h3,6-7,10,14,17H,1-2,4-5,8-9H2. The summed E-state index contributed by atoms with van der Waals surface area (Å²) in [6, 6.07) is 5.55. The van der Waals surface area contributed by atoms with Gasteiger partial charge < -0.3 is 5.11 Å². The first-order chi connectivity index (χ1) is 8.18. The van der Waals surface area contributed by atoms with Gasteiger partial charge in [-0.25, -0.2) is 0 Å². The van der Waals surface area contributed by atoms with Crippen LogP contribution in [0.15, 0.2) is 18.2 Å². The molecule has 1 aliphatic carbocycles. The van der Waals surface area contributed by atoms with E-state index in [1.54, 1.807) is 0 Å². The number of benzene rings is 1. The molecule has 1 nitrogen and oxygen atoms in total. The lowest BCUT2D eigenvalue weighted by Gasteiger charge is -2.18. The summed E-state index contributed by atoms with van der Waals surface area (Å²) < 4.78 is 0. The largest absolute Gasteiger partial charge is 0.393 e. The molecule has 0 saturated heterocycles. The van der Waals surface area contributed by atoms with E-state index in [4.69, 9.17) is 23.2 Å². The van der Waals surface area contributed by atoms with Gasteiger partial charge in [0.25, 0.3) is 0 Å². The number of hydrogen-bond acceptors (Lipinski definition) is 1. The van der Waals surface area contributed by atoms with Crippen LogP contribution in [0.4, 0.5) is 0 Å². The zero-order valence-corrected chi connectivity index (χ0v) is 11.3. The van der Waals surface area contributed by atoms with Crippen molar-refractivity contribution in [3.05, 3.63) is 33.8 Å². The SMILES string of the molecule is OC(CCc1c(Cl)cccc1Cl)C1CCCC1. The minimum absolute atomic E-state index is 0.204. The smallest absolute Gasteiger partial charge is 0.0571 e. The predicted octanol–water partition coefficient (Wildman–Crippen LogP) is 4.48. The van der Waals surface area contributed by atoms with Gasteiger partial charge in [0.05, 0.1) is 6.10 Å². The normalized spacial score (nSPS) is 18.5. The molecule has 1 fully saturated rings. The highest BCUT2D eigenvalue weighted by molar-refractivity contribution is 6.35. The second-order valence-electron chi connectivity index (χ2n) is 4.85. The van der Waals surface area contributed by atoms with Crippen molar-refractivity contribution in [2.75, 3.05) is 0 Å². The van der Waals surface area contributed by atoms with Crippen molar-refractivity contribution in [3.8, 4) is 0 Å². The van der Waals surface area contributed by atoms with Crippen LogP contribution in [0.1, 0.15) is 37.7 Å². The van der Waals surface area contributed by atoms with Crippen molar-refractivity contribution in [1.82, 2.24) is 0 Å². The lowest BCUT2D eigenvalue weighted by molar-refractivity contribution is 0.102. The number of rotatable bonds is 4. The van der Waals surface area contributed by atoms with Crippen LogP contribution in [0.2, 0.25) is 10.0 Å². The Hall–Kier alpha value is -0.240. The number of halogens is 2. The molecule has 0 aliphatic heterocycles. The minimum Gasteiger partial charge on any atom is -0.393 e. The Morgan fingerprint density at radius 3 is 2.35 bits per heavy atom. The molecule has 94 valence electrons. The number of aliphatic hydroxyl groups excluding tert-OH is 1. The minimum atomic E-state index is -0.204. The van der Waals surface area contributed by atoms with Crippen molar-refractivity contribution >= 4 is 23.2 Å². The monoisotopic (exact) mass is 272 g/mol. The van der Waals surface area contributed by atoms with Gasteiger partial charge in [-0.1, -0.05) is 42.1 Å². The number of hydrogen-bond donors (Lipinski definition) is 1. The first-order valence-electron chi connectivity index (χ1n) is 6.29. The lowest BCUT2D eigenvalue weighted by atomic mass is 9.95. The van der Waals surface area contributed by atoms with E-state index in [2.05, 4.69) is 0 Å².